The first-order valence-corrected chi connectivity index (χ1v) is 6.69. The molecule has 100 valence electrons. The Morgan fingerprint density at radius 1 is 1.32 bits per heavy atom. The van der Waals surface area contributed by atoms with Gasteiger partial charge in [-0.2, -0.15) is 0 Å². The van der Waals surface area contributed by atoms with Crippen molar-refractivity contribution in [3.63, 3.8) is 0 Å². The first kappa shape index (κ1) is 12.1. The van der Waals surface area contributed by atoms with E-state index in [9.17, 15) is 14.9 Å². The fourth-order valence-corrected chi connectivity index (χ4v) is 3.43. The van der Waals surface area contributed by atoms with E-state index in [1.54, 1.807) is 12.1 Å². The van der Waals surface area contributed by atoms with Crippen LogP contribution in [-0.2, 0) is 0 Å². The lowest BCUT2D eigenvalue weighted by Gasteiger charge is -2.22. The van der Waals surface area contributed by atoms with Crippen LogP contribution in [0.5, 0.6) is 0 Å². The molecule has 0 unspecified atom stereocenters. The number of hydrogen-bond donors (Lipinski definition) is 1. The molecule has 3 atom stereocenters. The Bertz CT molecular complexity index is 529. The minimum absolute atomic E-state index is 0.0411. The Labute approximate surface area is 111 Å². The van der Waals surface area contributed by atoms with E-state index < -0.39 is 4.92 Å². The summed E-state index contributed by atoms with van der Waals surface area (Å²) in [6.45, 7) is 0. The van der Waals surface area contributed by atoms with E-state index in [-0.39, 0.29) is 17.6 Å². The maximum atomic E-state index is 12.1. The standard InChI is InChI=1S/C14H16N2O3/c17-14(11-2-1-3-12(8-11)16(18)19)15-13-7-9-4-5-10(13)6-9/h1-3,8-10,13H,4-7H2,(H,15,17)/t9-,10+,13+/m1/s1. The minimum atomic E-state index is -0.478. The van der Waals surface area contributed by atoms with E-state index in [4.69, 9.17) is 0 Å². The predicted molar refractivity (Wildman–Crippen MR) is 69.8 cm³/mol. The van der Waals surface area contributed by atoms with Crippen LogP contribution in [-0.4, -0.2) is 16.9 Å². The lowest BCUT2D eigenvalue weighted by Crippen LogP contribution is -2.38. The van der Waals surface area contributed by atoms with E-state index in [2.05, 4.69) is 5.32 Å². The van der Waals surface area contributed by atoms with E-state index >= 15 is 0 Å². The molecule has 2 bridgehead atoms. The molecule has 1 aromatic carbocycles. The highest BCUT2D eigenvalue weighted by Gasteiger charge is 2.40. The normalized spacial score (nSPS) is 28.3. The molecule has 5 nitrogen and oxygen atoms in total. The van der Waals surface area contributed by atoms with Crippen LogP contribution in [0.15, 0.2) is 24.3 Å². The lowest BCUT2D eigenvalue weighted by atomic mass is 9.95. The van der Waals surface area contributed by atoms with Gasteiger partial charge in [0.15, 0.2) is 0 Å². The number of amides is 1. The molecule has 3 rings (SSSR count). The maximum Gasteiger partial charge on any atom is 0.270 e. The summed E-state index contributed by atoms with van der Waals surface area (Å²) in [5.41, 5.74) is 0.331. The van der Waals surface area contributed by atoms with Gasteiger partial charge in [0.2, 0.25) is 0 Å². The van der Waals surface area contributed by atoms with Crippen molar-refractivity contribution < 1.29 is 9.72 Å². The van der Waals surface area contributed by atoms with Crippen molar-refractivity contribution in [3.05, 3.63) is 39.9 Å². The van der Waals surface area contributed by atoms with E-state index in [0.29, 0.717) is 11.5 Å². The van der Waals surface area contributed by atoms with Gasteiger partial charge in [0, 0.05) is 23.7 Å². The number of carbonyl (C=O) groups excluding carboxylic acids is 1. The summed E-state index contributed by atoms with van der Waals surface area (Å²) in [6.07, 6.45) is 4.77. The van der Waals surface area contributed by atoms with Crippen molar-refractivity contribution in [1.29, 1.82) is 0 Å². The first-order valence-electron chi connectivity index (χ1n) is 6.69. The number of hydrogen-bond acceptors (Lipinski definition) is 3. The second-order valence-electron chi connectivity index (χ2n) is 5.56. The zero-order valence-corrected chi connectivity index (χ0v) is 10.5. The molecule has 0 aromatic heterocycles. The molecule has 0 saturated heterocycles. The zero-order valence-electron chi connectivity index (χ0n) is 10.5. The number of rotatable bonds is 3. The Morgan fingerprint density at radius 3 is 2.79 bits per heavy atom. The fraction of sp³-hybridized carbons (Fsp3) is 0.500. The van der Waals surface area contributed by atoms with E-state index in [0.717, 1.165) is 12.3 Å². The molecule has 5 heteroatoms. The van der Waals surface area contributed by atoms with Gasteiger partial charge in [-0.25, -0.2) is 0 Å². The smallest absolute Gasteiger partial charge is 0.270 e. The van der Waals surface area contributed by atoms with Crippen LogP contribution in [0.25, 0.3) is 0 Å². The second-order valence-corrected chi connectivity index (χ2v) is 5.56. The van der Waals surface area contributed by atoms with Gasteiger partial charge in [-0.15, -0.1) is 0 Å². The van der Waals surface area contributed by atoms with Crippen molar-refractivity contribution in [1.82, 2.24) is 5.32 Å². The number of non-ortho nitro benzene ring substituents is 1. The van der Waals surface area contributed by atoms with Gasteiger partial charge >= 0.3 is 0 Å². The minimum Gasteiger partial charge on any atom is -0.349 e. The molecule has 19 heavy (non-hydrogen) atoms. The first-order chi connectivity index (χ1) is 9.13. The number of nitro groups is 1. The monoisotopic (exact) mass is 260 g/mol. The molecule has 0 aliphatic heterocycles. The number of nitrogens with one attached hydrogen (secondary N) is 1. The van der Waals surface area contributed by atoms with Crippen LogP contribution in [0, 0.1) is 22.0 Å². The Kier molecular flexibility index (Phi) is 2.97. The molecule has 1 aromatic rings. The Balaban J connectivity index is 1.70. The predicted octanol–water partition coefficient (Wildman–Crippen LogP) is 2.51. The number of nitro benzene ring substituents is 1. The van der Waals surface area contributed by atoms with Crippen molar-refractivity contribution in [2.75, 3.05) is 0 Å². The van der Waals surface area contributed by atoms with E-state index in [1.807, 2.05) is 0 Å². The fourth-order valence-electron chi connectivity index (χ4n) is 3.43. The number of nitrogens with zero attached hydrogens (tertiary/aromatic N) is 1. The Hall–Kier alpha value is -1.91. The summed E-state index contributed by atoms with van der Waals surface area (Å²) in [7, 11) is 0. The van der Waals surface area contributed by atoms with Crippen LogP contribution in [0.4, 0.5) is 5.69 Å². The summed E-state index contributed by atoms with van der Waals surface area (Å²) >= 11 is 0. The summed E-state index contributed by atoms with van der Waals surface area (Å²) in [5.74, 6) is 1.18. The number of carbonyl (C=O) groups is 1. The van der Waals surface area contributed by atoms with Crippen LogP contribution >= 0.6 is 0 Å². The molecule has 0 radical (unpaired) electrons. The third-order valence-corrected chi connectivity index (χ3v) is 4.37. The van der Waals surface area contributed by atoms with Gasteiger partial charge in [0.05, 0.1) is 4.92 Å². The second kappa shape index (κ2) is 4.64. The average molecular weight is 260 g/mol. The zero-order chi connectivity index (χ0) is 13.4. The van der Waals surface area contributed by atoms with Gasteiger partial charge in [-0.05, 0) is 37.2 Å². The summed E-state index contributed by atoms with van der Waals surface area (Å²) in [5, 5.41) is 13.7. The molecule has 2 fully saturated rings. The topological polar surface area (TPSA) is 72.2 Å². The molecule has 2 saturated carbocycles. The highest BCUT2D eigenvalue weighted by atomic mass is 16.6. The summed E-state index contributed by atoms with van der Waals surface area (Å²) in [6, 6.07) is 6.16. The van der Waals surface area contributed by atoms with Gasteiger partial charge < -0.3 is 5.32 Å². The van der Waals surface area contributed by atoms with Gasteiger partial charge in [0.25, 0.3) is 11.6 Å². The largest absolute Gasteiger partial charge is 0.349 e. The van der Waals surface area contributed by atoms with Gasteiger partial charge in [-0.3, -0.25) is 14.9 Å². The molecule has 0 spiro atoms. The molecule has 1 amide bonds. The summed E-state index contributed by atoms with van der Waals surface area (Å²) < 4.78 is 0. The van der Waals surface area contributed by atoms with Crippen LogP contribution in [0.3, 0.4) is 0 Å². The quantitative estimate of drug-likeness (QED) is 0.670. The molecular weight excluding hydrogens is 244 g/mol. The maximum absolute atomic E-state index is 12.1. The van der Waals surface area contributed by atoms with Crippen LogP contribution in [0.2, 0.25) is 0 Å². The third-order valence-electron chi connectivity index (χ3n) is 4.37. The highest BCUT2D eigenvalue weighted by Crippen LogP contribution is 2.44. The SMILES string of the molecule is O=C(N[C@H]1C[C@@H]2CC[C@H]1C2)c1cccc([N+](=O)[O-])c1. The molecule has 2 aliphatic rings. The van der Waals surface area contributed by atoms with Crippen molar-refractivity contribution >= 4 is 11.6 Å². The van der Waals surface area contributed by atoms with E-state index in [1.165, 1.54) is 31.4 Å². The van der Waals surface area contributed by atoms with Crippen molar-refractivity contribution in [3.8, 4) is 0 Å². The molecule has 1 N–H and O–H groups in total. The lowest BCUT2D eigenvalue weighted by molar-refractivity contribution is -0.384. The average Bonchev–Trinajstić information content (AvgIpc) is 3.01. The highest BCUT2D eigenvalue weighted by molar-refractivity contribution is 5.95. The van der Waals surface area contributed by atoms with Crippen LogP contribution in [0.1, 0.15) is 36.0 Å². The van der Waals surface area contributed by atoms with Gasteiger partial charge in [-0.1, -0.05) is 12.5 Å². The molecular formula is C14H16N2O3. The Morgan fingerprint density at radius 2 is 2.16 bits per heavy atom. The van der Waals surface area contributed by atoms with Crippen molar-refractivity contribution in [2.45, 2.75) is 31.7 Å². The third kappa shape index (κ3) is 2.32. The summed E-state index contributed by atoms with van der Waals surface area (Å²) in [4.78, 5) is 22.3. The molecule has 2 aliphatic carbocycles. The van der Waals surface area contributed by atoms with Crippen LogP contribution < -0.4 is 5.32 Å². The number of benzene rings is 1. The van der Waals surface area contributed by atoms with Crippen molar-refractivity contribution in [2.24, 2.45) is 11.8 Å². The number of fused-ring (bicyclic) bond motifs is 2. The molecule has 0 heterocycles. The van der Waals surface area contributed by atoms with Gasteiger partial charge in [0.1, 0.15) is 0 Å².